The summed E-state index contributed by atoms with van der Waals surface area (Å²) in [5.74, 6) is -1.32. The first-order valence-electron chi connectivity index (χ1n) is 7.25. The van der Waals surface area contributed by atoms with Crippen molar-refractivity contribution in [1.29, 1.82) is 0 Å². The van der Waals surface area contributed by atoms with Crippen molar-refractivity contribution in [3.05, 3.63) is 0 Å². The third-order valence-electron chi connectivity index (χ3n) is 4.09. The number of carboxylic acids is 1. The Morgan fingerprint density at radius 3 is 2.55 bits per heavy atom. The zero-order valence-corrected chi connectivity index (χ0v) is 11.6. The van der Waals surface area contributed by atoms with Crippen LogP contribution in [-0.2, 0) is 4.79 Å². The summed E-state index contributed by atoms with van der Waals surface area (Å²) < 4.78 is 0. The normalized spacial score (nSPS) is 25.4. The Morgan fingerprint density at radius 2 is 1.90 bits per heavy atom. The zero-order chi connectivity index (χ0) is 14.5. The van der Waals surface area contributed by atoms with E-state index in [9.17, 15) is 9.59 Å². The summed E-state index contributed by atoms with van der Waals surface area (Å²) in [6, 6.07) is 0.134. The summed E-state index contributed by atoms with van der Waals surface area (Å²) in [6.45, 7) is 3.35. The Morgan fingerprint density at radius 1 is 1.20 bits per heavy atom. The van der Waals surface area contributed by atoms with Crippen LogP contribution >= 0.6 is 0 Å². The SMILES string of the molecule is O=C(O)C(O)CNC(=O)N1CCC(N2CCCCC2)C1. The number of carbonyl (C=O) groups excluding carboxylic acids is 1. The molecular weight excluding hydrogens is 262 g/mol. The average molecular weight is 285 g/mol. The van der Waals surface area contributed by atoms with E-state index in [0.717, 1.165) is 19.5 Å². The van der Waals surface area contributed by atoms with E-state index in [2.05, 4.69) is 10.2 Å². The van der Waals surface area contributed by atoms with E-state index >= 15 is 0 Å². The summed E-state index contributed by atoms with van der Waals surface area (Å²) in [5, 5.41) is 20.2. The molecule has 2 heterocycles. The molecule has 0 aromatic heterocycles. The Kier molecular flexibility index (Phi) is 5.19. The third-order valence-corrected chi connectivity index (χ3v) is 4.09. The summed E-state index contributed by atoms with van der Waals surface area (Å²) in [5.41, 5.74) is 0. The molecule has 3 N–H and O–H groups in total. The van der Waals surface area contributed by atoms with E-state index in [0.29, 0.717) is 19.1 Å². The number of rotatable bonds is 4. The maximum atomic E-state index is 11.9. The molecule has 2 fully saturated rings. The minimum absolute atomic E-state index is 0.251. The third kappa shape index (κ3) is 3.83. The first-order valence-corrected chi connectivity index (χ1v) is 7.25. The Hall–Kier alpha value is -1.34. The average Bonchev–Trinajstić information content (AvgIpc) is 2.95. The van der Waals surface area contributed by atoms with Crippen molar-refractivity contribution in [2.75, 3.05) is 32.7 Å². The van der Waals surface area contributed by atoms with Crippen LogP contribution in [0.3, 0.4) is 0 Å². The van der Waals surface area contributed by atoms with Crippen LogP contribution in [0.4, 0.5) is 4.79 Å². The minimum Gasteiger partial charge on any atom is -0.479 e. The van der Waals surface area contributed by atoms with Crippen molar-refractivity contribution in [3.8, 4) is 0 Å². The highest BCUT2D eigenvalue weighted by Gasteiger charge is 2.31. The van der Waals surface area contributed by atoms with Gasteiger partial charge in [-0.2, -0.15) is 0 Å². The molecule has 2 unspecified atom stereocenters. The molecule has 2 amide bonds. The molecule has 0 aromatic rings. The van der Waals surface area contributed by atoms with E-state index in [-0.39, 0.29) is 12.6 Å². The second-order valence-corrected chi connectivity index (χ2v) is 5.53. The second-order valence-electron chi connectivity index (χ2n) is 5.53. The smallest absolute Gasteiger partial charge is 0.334 e. The van der Waals surface area contributed by atoms with Gasteiger partial charge in [0.2, 0.25) is 0 Å². The maximum absolute atomic E-state index is 11.9. The van der Waals surface area contributed by atoms with Crippen molar-refractivity contribution in [3.63, 3.8) is 0 Å². The number of aliphatic hydroxyl groups excluding tert-OH is 1. The predicted molar refractivity (Wildman–Crippen MR) is 72.4 cm³/mol. The molecule has 0 aliphatic carbocycles. The van der Waals surface area contributed by atoms with Crippen molar-refractivity contribution in [2.24, 2.45) is 0 Å². The molecule has 2 atom stereocenters. The van der Waals surface area contributed by atoms with Gasteiger partial charge in [0.25, 0.3) is 0 Å². The molecule has 2 aliphatic rings. The molecular formula is C13H23N3O4. The van der Waals surface area contributed by atoms with Gasteiger partial charge in [-0.3, -0.25) is 4.90 Å². The fraction of sp³-hybridized carbons (Fsp3) is 0.846. The largest absolute Gasteiger partial charge is 0.479 e. The molecule has 2 aliphatic heterocycles. The molecule has 2 rings (SSSR count). The van der Waals surface area contributed by atoms with Gasteiger partial charge < -0.3 is 20.4 Å². The number of piperidine rings is 1. The fourth-order valence-electron chi connectivity index (χ4n) is 2.89. The maximum Gasteiger partial charge on any atom is 0.334 e. The molecule has 0 aromatic carbocycles. The molecule has 0 radical (unpaired) electrons. The molecule has 0 saturated carbocycles. The van der Waals surface area contributed by atoms with Crippen LogP contribution in [0.1, 0.15) is 25.7 Å². The number of urea groups is 1. The van der Waals surface area contributed by atoms with Crippen molar-refractivity contribution in [2.45, 2.75) is 37.8 Å². The van der Waals surface area contributed by atoms with Gasteiger partial charge in [0.05, 0.1) is 6.54 Å². The number of carbonyl (C=O) groups is 2. The summed E-state index contributed by atoms with van der Waals surface area (Å²) in [7, 11) is 0. The lowest BCUT2D eigenvalue weighted by atomic mass is 10.1. The molecule has 2 saturated heterocycles. The van der Waals surface area contributed by atoms with Gasteiger partial charge in [-0.1, -0.05) is 6.42 Å². The van der Waals surface area contributed by atoms with Crippen molar-refractivity contribution in [1.82, 2.24) is 15.1 Å². The zero-order valence-electron chi connectivity index (χ0n) is 11.6. The minimum atomic E-state index is -1.54. The highest BCUT2D eigenvalue weighted by Crippen LogP contribution is 2.20. The number of hydrogen-bond acceptors (Lipinski definition) is 4. The van der Waals surface area contributed by atoms with E-state index < -0.39 is 12.1 Å². The number of aliphatic hydroxyl groups is 1. The van der Waals surface area contributed by atoms with Gasteiger partial charge in [0.1, 0.15) is 0 Å². The standard InChI is InChI=1S/C13H23N3O4/c17-11(12(18)19)8-14-13(20)16-7-4-10(9-16)15-5-2-1-3-6-15/h10-11,17H,1-9H2,(H,14,20)(H,18,19). The summed E-state index contributed by atoms with van der Waals surface area (Å²) in [4.78, 5) is 26.5. The first-order chi connectivity index (χ1) is 9.58. The number of carboxylic acid groups (broad SMARTS) is 1. The lowest BCUT2D eigenvalue weighted by molar-refractivity contribution is -0.146. The van der Waals surface area contributed by atoms with Gasteiger partial charge in [-0.15, -0.1) is 0 Å². The van der Waals surface area contributed by atoms with Gasteiger partial charge in [-0.05, 0) is 32.4 Å². The number of likely N-dealkylation sites (tertiary alicyclic amines) is 2. The van der Waals surface area contributed by atoms with E-state index in [1.54, 1.807) is 4.90 Å². The van der Waals surface area contributed by atoms with E-state index in [1.165, 1.54) is 19.3 Å². The van der Waals surface area contributed by atoms with Crippen LogP contribution in [0.25, 0.3) is 0 Å². The van der Waals surface area contributed by atoms with Crippen molar-refractivity contribution < 1.29 is 19.8 Å². The lowest BCUT2D eigenvalue weighted by Gasteiger charge is -2.32. The number of hydrogen-bond donors (Lipinski definition) is 3. The molecule has 0 bridgehead atoms. The van der Waals surface area contributed by atoms with Crippen LogP contribution < -0.4 is 5.32 Å². The van der Waals surface area contributed by atoms with Gasteiger partial charge in [0, 0.05) is 19.1 Å². The van der Waals surface area contributed by atoms with Crippen LogP contribution in [0, 0.1) is 0 Å². The summed E-state index contributed by atoms with van der Waals surface area (Å²) in [6.07, 6.45) is 3.18. The Balaban J connectivity index is 1.74. The molecule has 20 heavy (non-hydrogen) atoms. The Labute approximate surface area is 118 Å². The number of aliphatic carboxylic acids is 1. The lowest BCUT2D eigenvalue weighted by Crippen LogP contribution is -2.46. The van der Waals surface area contributed by atoms with Crippen LogP contribution in [0.15, 0.2) is 0 Å². The van der Waals surface area contributed by atoms with E-state index in [1.807, 2.05) is 0 Å². The highest BCUT2D eigenvalue weighted by molar-refractivity contribution is 5.77. The van der Waals surface area contributed by atoms with Crippen molar-refractivity contribution >= 4 is 12.0 Å². The van der Waals surface area contributed by atoms with Crippen LogP contribution in [0.2, 0.25) is 0 Å². The number of nitrogens with zero attached hydrogens (tertiary/aromatic N) is 2. The topological polar surface area (TPSA) is 93.1 Å². The molecule has 7 nitrogen and oxygen atoms in total. The van der Waals surface area contributed by atoms with Gasteiger partial charge >= 0.3 is 12.0 Å². The quantitative estimate of drug-likeness (QED) is 0.659. The highest BCUT2D eigenvalue weighted by atomic mass is 16.4. The monoisotopic (exact) mass is 285 g/mol. The predicted octanol–water partition coefficient (Wildman–Crippen LogP) is -0.298. The molecule has 114 valence electrons. The number of nitrogens with one attached hydrogen (secondary N) is 1. The second kappa shape index (κ2) is 6.90. The molecule has 7 heteroatoms. The van der Waals surface area contributed by atoms with E-state index in [4.69, 9.17) is 10.2 Å². The van der Waals surface area contributed by atoms with Gasteiger partial charge in [0.15, 0.2) is 6.10 Å². The Bertz CT molecular complexity index is 358. The van der Waals surface area contributed by atoms with Gasteiger partial charge in [-0.25, -0.2) is 9.59 Å². The fourth-order valence-corrected chi connectivity index (χ4v) is 2.89. The van der Waals surface area contributed by atoms with Crippen LogP contribution in [0.5, 0.6) is 0 Å². The molecule has 0 spiro atoms. The first kappa shape index (κ1) is 15.1. The number of amides is 2. The summed E-state index contributed by atoms with van der Waals surface area (Å²) >= 11 is 0. The van der Waals surface area contributed by atoms with Crippen LogP contribution in [-0.4, -0.2) is 76.9 Å².